The molecule has 0 aliphatic rings. The molecule has 0 saturated carbocycles. The molecule has 0 atom stereocenters. The summed E-state index contributed by atoms with van der Waals surface area (Å²) in [4.78, 5) is 18.4. The van der Waals surface area contributed by atoms with Gasteiger partial charge in [0.1, 0.15) is 10.3 Å². The maximum atomic E-state index is 10.5. The Hall–Kier alpha value is -2.25. The molecule has 1 amide bonds. The summed E-state index contributed by atoms with van der Waals surface area (Å²) < 4.78 is 15.9. The van der Waals surface area contributed by atoms with E-state index >= 15 is 0 Å². The van der Waals surface area contributed by atoms with Crippen molar-refractivity contribution in [3.05, 3.63) is 33.6 Å². The molecular weight excluding hydrogens is 357 g/mol. The first kappa shape index (κ1) is 18.1. The molecule has 1 heterocycles. The van der Waals surface area contributed by atoms with Gasteiger partial charge in [0.2, 0.25) is 18.1 Å². The Morgan fingerprint density at radius 2 is 1.58 bits per heavy atom. The molecule has 0 spiro atoms. The van der Waals surface area contributed by atoms with Gasteiger partial charge in [0.25, 0.3) is 0 Å². The average Bonchev–Trinajstić information content (AvgIpc) is 2.57. The molecule has 2 rings (SSSR count). The number of halogens is 2. The van der Waals surface area contributed by atoms with Crippen LogP contribution >= 0.6 is 23.2 Å². The lowest BCUT2D eigenvalue weighted by Gasteiger charge is -2.14. The Balaban J connectivity index is 2.43. The molecule has 0 aliphatic carbocycles. The fraction of sp³-hybridized carbons (Fsp3) is 0.267. The molecule has 0 saturated heterocycles. The van der Waals surface area contributed by atoms with Gasteiger partial charge in [-0.15, -0.1) is 0 Å². The van der Waals surface area contributed by atoms with Crippen molar-refractivity contribution in [2.75, 3.05) is 26.6 Å². The zero-order valence-electron chi connectivity index (χ0n) is 13.2. The van der Waals surface area contributed by atoms with Gasteiger partial charge in [-0.1, -0.05) is 23.2 Å². The number of rotatable bonds is 7. The van der Waals surface area contributed by atoms with Crippen LogP contribution < -0.4 is 19.5 Å². The summed E-state index contributed by atoms with van der Waals surface area (Å²) in [5, 5.41) is 2.60. The van der Waals surface area contributed by atoms with E-state index in [9.17, 15) is 4.79 Å². The van der Waals surface area contributed by atoms with Gasteiger partial charge in [0.15, 0.2) is 11.5 Å². The van der Waals surface area contributed by atoms with Crippen LogP contribution in [0, 0.1) is 0 Å². The van der Waals surface area contributed by atoms with E-state index in [1.54, 1.807) is 12.1 Å². The Bertz CT molecular complexity index is 707. The lowest BCUT2D eigenvalue weighted by molar-refractivity contribution is -0.105. The third-order valence-corrected chi connectivity index (χ3v) is 3.82. The van der Waals surface area contributed by atoms with Crippen molar-refractivity contribution in [3.63, 3.8) is 0 Å². The standard InChI is InChI=1S/C15H15Cl2N3O4/c1-22-10-5-8(6-11(23-2)12(10)24-3)4-9-13(16)19-15(18-7-21)20-14(9)17/h5-7H,4H2,1-3H3,(H,18,19,20,21). The number of benzene rings is 1. The van der Waals surface area contributed by atoms with Crippen LogP contribution in [0.1, 0.15) is 11.1 Å². The Morgan fingerprint density at radius 1 is 1.04 bits per heavy atom. The summed E-state index contributed by atoms with van der Waals surface area (Å²) in [6.45, 7) is 0. The van der Waals surface area contributed by atoms with Crippen LogP contribution in [0.15, 0.2) is 12.1 Å². The number of ether oxygens (including phenoxy) is 3. The predicted octanol–water partition coefficient (Wildman–Crippen LogP) is 2.97. The van der Waals surface area contributed by atoms with E-state index in [2.05, 4.69) is 15.3 Å². The Morgan fingerprint density at radius 3 is 2.00 bits per heavy atom. The lowest BCUT2D eigenvalue weighted by Crippen LogP contribution is -2.04. The summed E-state index contributed by atoms with van der Waals surface area (Å²) in [7, 11) is 4.59. The van der Waals surface area contributed by atoms with E-state index in [0.29, 0.717) is 35.6 Å². The average molecular weight is 372 g/mol. The minimum absolute atomic E-state index is 0.0358. The van der Waals surface area contributed by atoms with Crippen LogP contribution in [-0.2, 0) is 11.2 Å². The molecule has 0 unspecified atom stereocenters. The molecule has 1 aromatic carbocycles. The fourth-order valence-corrected chi connectivity index (χ4v) is 2.66. The van der Waals surface area contributed by atoms with E-state index in [1.165, 1.54) is 21.3 Å². The van der Waals surface area contributed by atoms with Crippen LogP contribution in [0.2, 0.25) is 10.3 Å². The van der Waals surface area contributed by atoms with Gasteiger partial charge in [0.05, 0.1) is 21.3 Å². The molecule has 0 bridgehead atoms. The van der Waals surface area contributed by atoms with Crippen LogP contribution in [-0.4, -0.2) is 37.7 Å². The number of nitrogens with one attached hydrogen (secondary N) is 1. The number of nitrogens with zero attached hydrogens (tertiary/aromatic N) is 2. The van der Waals surface area contributed by atoms with E-state index in [-0.39, 0.29) is 16.3 Å². The highest BCUT2D eigenvalue weighted by Crippen LogP contribution is 2.39. The number of aromatic nitrogens is 2. The first-order valence-corrected chi connectivity index (χ1v) is 7.50. The molecule has 1 aromatic heterocycles. The van der Waals surface area contributed by atoms with E-state index in [4.69, 9.17) is 37.4 Å². The number of hydrogen-bond donors (Lipinski definition) is 1. The maximum absolute atomic E-state index is 10.5. The van der Waals surface area contributed by atoms with Crippen molar-refractivity contribution in [2.45, 2.75) is 6.42 Å². The molecule has 24 heavy (non-hydrogen) atoms. The van der Waals surface area contributed by atoms with Gasteiger partial charge in [-0.3, -0.25) is 10.1 Å². The molecule has 128 valence electrons. The third-order valence-electron chi connectivity index (χ3n) is 3.20. The van der Waals surface area contributed by atoms with Crippen LogP contribution in [0.5, 0.6) is 17.2 Å². The Kier molecular flexibility index (Phi) is 6.05. The molecular formula is C15H15Cl2N3O4. The molecule has 9 heteroatoms. The second kappa shape index (κ2) is 8.03. The summed E-state index contributed by atoms with van der Waals surface area (Å²) >= 11 is 12.3. The zero-order valence-corrected chi connectivity index (χ0v) is 14.7. The highest BCUT2D eigenvalue weighted by molar-refractivity contribution is 6.34. The number of methoxy groups -OCH3 is 3. The second-order valence-electron chi connectivity index (χ2n) is 4.58. The number of anilines is 1. The molecule has 2 aromatic rings. The fourth-order valence-electron chi connectivity index (χ4n) is 2.14. The van der Waals surface area contributed by atoms with Crippen molar-refractivity contribution in [1.82, 2.24) is 9.97 Å². The highest BCUT2D eigenvalue weighted by atomic mass is 35.5. The summed E-state index contributed by atoms with van der Waals surface area (Å²) in [5.74, 6) is 1.55. The van der Waals surface area contributed by atoms with Gasteiger partial charge in [-0.2, -0.15) is 0 Å². The minimum Gasteiger partial charge on any atom is -0.493 e. The highest BCUT2D eigenvalue weighted by Gasteiger charge is 2.17. The number of amides is 1. The summed E-state index contributed by atoms with van der Waals surface area (Å²) in [5.41, 5.74) is 1.33. The monoisotopic (exact) mass is 371 g/mol. The molecule has 0 aliphatic heterocycles. The smallest absolute Gasteiger partial charge is 0.232 e. The van der Waals surface area contributed by atoms with Crippen molar-refractivity contribution in [3.8, 4) is 17.2 Å². The number of hydrogen-bond acceptors (Lipinski definition) is 6. The Labute approximate surface area is 148 Å². The quantitative estimate of drug-likeness (QED) is 0.594. The first-order chi connectivity index (χ1) is 11.5. The largest absolute Gasteiger partial charge is 0.493 e. The van der Waals surface area contributed by atoms with E-state index in [1.807, 2.05) is 0 Å². The minimum atomic E-state index is 0.0358. The number of carbonyl (C=O) groups excluding carboxylic acids is 1. The summed E-state index contributed by atoms with van der Waals surface area (Å²) in [6, 6.07) is 3.57. The van der Waals surface area contributed by atoms with Crippen LogP contribution in [0.25, 0.3) is 0 Å². The van der Waals surface area contributed by atoms with Crippen molar-refractivity contribution < 1.29 is 19.0 Å². The maximum Gasteiger partial charge on any atom is 0.232 e. The number of carbonyl (C=O) groups is 1. The summed E-state index contributed by atoms with van der Waals surface area (Å²) in [6.07, 6.45) is 0.788. The van der Waals surface area contributed by atoms with Crippen molar-refractivity contribution in [1.29, 1.82) is 0 Å². The van der Waals surface area contributed by atoms with Gasteiger partial charge < -0.3 is 14.2 Å². The SMILES string of the molecule is COc1cc(Cc2c(Cl)nc(NC=O)nc2Cl)cc(OC)c1OC. The van der Waals surface area contributed by atoms with Gasteiger partial charge in [0, 0.05) is 12.0 Å². The van der Waals surface area contributed by atoms with Crippen molar-refractivity contribution >= 4 is 35.6 Å². The third kappa shape index (κ3) is 3.80. The van der Waals surface area contributed by atoms with Gasteiger partial charge in [-0.05, 0) is 17.7 Å². The first-order valence-electron chi connectivity index (χ1n) is 6.75. The van der Waals surface area contributed by atoms with E-state index in [0.717, 1.165) is 5.56 Å². The van der Waals surface area contributed by atoms with Crippen molar-refractivity contribution in [2.24, 2.45) is 0 Å². The molecule has 1 N–H and O–H groups in total. The topological polar surface area (TPSA) is 82.6 Å². The molecule has 0 fully saturated rings. The van der Waals surface area contributed by atoms with Crippen LogP contribution in [0.3, 0.4) is 0 Å². The predicted molar refractivity (Wildman–Crippen MR) is 90.6 cm³/mol. The zero-order chi connectivity index (χ0) is 17.7. The van der Waals surface area contributed by atoms with Gasteiger partial charge >= 0.3 is 0 Å². The molecule has 7 nitrogen and oxygen atoms in total. The van der Waals surface area contributed by atoms with E-state index < -0.39 is 0 Å². The second-order valence-corrected chi connectivity index (χ2v) is 5.30. The lowest BCUT2D eigenvalue weighted by atomic mass is 10.1. The van der Waals surface area contributed by atoms with Gasteiger partial charge in [-0.25, -0.2) is 9.97 Å². The normalized spacial score (nSPS) is 10.2. The van der Waals surface area contributed by atoms with Crippen LogP contribution in [0.4, 0.5) is 5.95 Å². The molecule has 0 radical (unpaired) electrons.